The average Bonchev–Trinajstić information content (AvgIpc) is 2.46. The van der Waals surface area contributed by atoms with Crippen molar-refractivity contribution in [3.05, 3.63) is 0 Å². The maximum absolute atomic E-state index is 5.99. The Kier molecular flexibility index (Phi) is 5.93. The first-order valence-electron chi connectivity index (χ1n) is 7.70. The van der Waals surface area contributed by atoms with E-state index in [-0.39, 0.29) is 0 Å². The van der Waals surface area contributed by atoms with Gasteiger partial charge in [0.1, 0.15) is 0 Å². The second kappa shape index (κ2) is 7.46. The third-order valence-corrected chi connectivity index (χ3v) is 4.90. The quantitative estimate of drug-likeness (QED) is 0.742. The molecule has 0 aromatic rings. The molecule has 0 bridgehead atoms. The van der Waals surface area contributed by atoms with Gasteiger partial charge in [0.15, 0.2) is 0 Å². The lowest BCUT2D eigenvalue weighted by Gasteiger charge is -2.36. The molecule has 0 aliphatic carbocycles. The second-order valence-corrected chi connectivity index (χ2v) is 6.12. The number of ether oxygens (including phenoxy) is 2. The number of nitrogens with two attached hydrogens (primary N) is 1. The highest BCUT2D eigenvalue weighted by Gasteiger charge is 2.30. The van der Waals surface area contributed by atoms with Crippen LogP contribution in [-0.4, -0.2) is 33.0 Å². The third-order valence-electron chi connectivity index (χ3n) is 4.90. The maximum Gasteiger partial charge on any atom is 0.0471 e. The summed E-state index contributed by atoms with van der Waals surface area (Å²) >= 11 is 0. The number of unbranched alkanes of at least 4 members (excludes halogenated alkanes) is 1. The molecule has 2 saturated heterocycles. The van der Waals surface area contributed by atoms with Gasteiger partial charge in [-0.3, -0.25) is 0 Å². The summed E-state index contributed by atoms with van der Waals surface area (Å²) in [6.07, 6.45) is 10.3. The zero-order valence-corrected chi connectivity index (χ0v) is 11.7. The van der Waals surface area contributed by atoms with E-state index >= 15 is 0 Å². The Morgan fingerprint density at radius 3 is 2.28 bits per heavy atom. The van der Waals surface area contributed by atoms with E-state index in [9.17, 15) is 0 Å². The Bertz CT molecular complexity index is 221. The van der Waals surface area contributed by atoms with Gasteiger partial charge in [0.25, 0.3) is 0 Å². The van der Waals surface area contributed by atoms with Crippen LogP contribution in [-0.2, 0) is 9.47 Å². The van der Waals surface area contributed by atoms with E-state index < -0.39 is 0 Å². The maximum atomic E-state index is 5.99. The molecule has 2 aliphatic rings. The van der Waals surface area contributed by atoms with Gasteiger partial charge in [-0.15, -0.1) is 0 Å². The lowest BCUT2D eigenvalue weighted by atomic mass is 9.76. The predicted molar refractivity (Wildman–Crippen MR) is 73.6 cm³/mol. The molecule has 2 N–H and O–H groups in total. The lowest BCUT2D eigenvalue weighted by Crippen LogP contribution is -2.36. The van der Waals surface area contributed by atoms with Crippen LogP contribution in [0.2, 0.25) is 0 Å². The Hall–Kier alpha value is -0.120. The monoisotopic (exact) mass is 255 g/mol. The summed E-state index contributed by atoms with van der Waals surface area (Å²) in [7, 11) is 0. The van der Waals surface area contributed by atoms with Gasteiger partial charge in [-0.2, -0.15) is 0 Å². The van der Waals surface area contributed by atoms with Gasteiger partial charge in [0.2, 0.25) is 0 Å². The van der Waals surface area contributed by atoms with E-state index in [0.717, 1.165) is 38.9 Å². The third kappa shape index (κ3) is 4.22. The van der Waals surface area contributed by atoms with Gasteiger partial charge >= 0.3 is 0 Å². The molecule has 2 fully saturated rings. The predicted octanol–water partition coefficient (Wildman–Crippen LogP) is 2.73. The molecule has 0 unspecified atom stereocenters. The Morgan fingerprint density at radius 1 is 0.944 bits per heavy atom. The number of hydrogen-bond acceptors (Lipinski definition) is 3. The van der Waals surface area contributed by atoms with E-state index in [4.69, 9.17) is 15.2 Å². The summed E-state index contributed by atoms with van der Waals surface area (Å²) in [5.74, 6) is 0.919. The molecule has 3 heteroatoms. The zero-order chi connectivity index (χ0) is 12.7. The van der Waals surface area contributed by atoms with Gasteiger partial charge in [0.05, 0.1) is 0 Å². The molecular weight excluding hydrogens is 226 g/mol. The van der Waals surface area contributed by atoms with Gasteiger partial charge in [-0.05, 0) is 50.0 Å². The van der Waals surface area contributed by atoms with Crippen LogP contribution >= 0.6 is 0 Å². The second-order valence-electron chi connectivity index (χ2n) is 6.12. The first-order chi connectivity index (χ1) is 8.85. The van der Waals surface area contributed by atoms with Crippen molar-refractivity contribution in [3.63, 3.8) is 0 Å². The fourth-order valence-corrected chi connectivity index (χ4v) is 3.33. The highest BCUT2D eigenvalue weighted by atomic mass is 16.5. The summed E-state index contributed by atoms with van der Waals surface area (Å²) < 4.78 is 10.9. The zero-order valence-electron chi connectivity index (χ0n) is 11.7. The van der Waals surface area contributed by atoms with Crippen LogP contribution in [0.4, 0.5) is 0 Å². The van der Waals surface area contributed by atoms with Crippen LogP contribution in [0.15, 0.2) is 0 Å². The molecule has 18 heavy (non-hydrogen) atoms. The van der Waals surface area contributed by atoms with Gasteiger partial charge in [-0.1, -0.05) is 19.3 Å². The van der Waals surface area contributed by atoms with Crippen LogP contribution in [0.25, 0.3) is 0 Å². The fraction of sp³-hybridized carbons (Fsp3) is 1.00. The van der Waals surface area contributed by atoms with E-state index in [2.05, 4.69) is 0 Å². The molecule has 106 valence electrons. The summed E-state index contributed by atoms with van der Waals surface area (Å²) in [4.78, 5) is 0. The topological polar surface area (TPSA) is 44.5 Å². The first-order valence-corrected chi connectivity index (χ1v) is 7.70. The molecular formula is C15H29NO2. The highest BCUT2D eigenvalue weighted by Crippen LogP contribution is 2.35. The number of hydrogen-bond donors (Lipinski definition) is 1. The Labute approximate surface area is 111 Å². The molecule has 0 spiro atoms. The molecule has 0 saturated carbocycles. The van der Waals surface area contributed by atoms with E-state index in [1.54, 1.807) is 0 Å². The molecule has 2 aliphatic heterocycles. The summed E-state index contributed by atoms with van der Waals surface area (Å²) in [5, 5.41) is 0. The van der Waals surface area contributed by atoms with Crippen LogP contribution in [0.1, 0.15) is 51.4 Å². The standard InChI is InChI=1S/C15H29NO2/c16-13-15(7-11-18-12-8-15)6-2-1-3-14-4-9-17-10-5-14/h14H,1-13,16H2. The van der Waals surface area contributed by atoms with Crippen molar-refractivity contribution in [1.29, 1.82) is 0 Å². The highest BCUT2D eigenvalue weighted by molar-refractivity contribution is 4.82. The van der Waals surface area contributed by atoms with E-state index in [1.165, 1.54) is 51.4 Å². The molecule has 2 rings (SSSR count). The fourth-order valence-electron chi connectivity index (χ4n) is 3.33. The minimum absolute atomic E-state index is 0.397. The smallest absolute Gasteiger partial charge is 0.0471 e. The van der Waals surface area contributed by atoms with Crippen molar-refractivity contribution in [1.82, 2.24) is 0 Å². The number of rotatable bonds is 6. The Morgan fingerprint density at radius 2 is 1.61 bits per heavy atom. The SMILES string of the molecule is NCC1(CCCCC2CCOCC2)CCOCC1. The van der Waals surface area contributed by atoms with Crippen LogP contribution in [0, 0.1) is 11.3 Å². The van der Waals surface area contributed by atoms with Crippen molar-refractivity contribution in [3.8, 4) is 0 Å². The summed E-state index contributed by atoms with van der Waals surface area (Å²) in [6.45, 7) is 4.63. The molecule has 3 nitrogen and oxygen atoms in total. The van der Waals surface area contributed by atoms with Crippen LogP contribution in [0.3, 0.4) is 0 Å². The van der Waals surface area contributed by atoms with Crippen molar-refractivity contribution in [2.45, 2.75) is 51.4 Å². The molecule has 0 radical (unpaired) electrons. The van der Waals surface area contributed by atoms with Crippen molar-refractivity contribution in [2.24, 2.45) is 17.1 Å². The molecule has 0 amide bonds. The minimum Gasteiger partial charge on any atom is -0.381 e. The average molecular weight is 255 g/mol. The van der Waals surface area contributed by atoms with Gasteiger partial charge in [-0.25, -0.2) is 0 Å². The van der Waals surface area contributed by atoms with E-state index in [0.29, 0.717) is 5.41 Å². The van der Waals surface area contributed by atoms with Crippen molar-refractivity contribution < 1.29 is 9.47 Å². The largest absolute Gasteiger partial charge is 0.381 e. The molecule has 0 aromatic heterocycles. The van der Waals surface area contributed by atoms with Crippen molar-refractivity contribution in [2.75, 3.05) is 33.0 Å². The molecule has 0 atom stereocenters. The Balaban J connectivity index is 1.61. The molecule has 2 heterocycles. The lowest BCUT2D eigenvalue weighted by molar-refractivity contribution is 0.0129. The minimum atomic E-state index is 0.397. The summed E-state index contributed by atoms with van der Waals surface area (Å²) in [5.41, 5.74) is 6.39. The van der Waals surface area contributed by atoms with E-state index in [1.807, 2.05) is 0 Å². The van der Waals surface area contributed by atoms with Crippen LogP contribution in [0.5, 0.6) is 0 Å². The molecule has 0 aromatic carbocycles. The normalized spacial score (nSPS) is 25.2. The first kappa shape index (κ1) is 14.3. The van der Waals surface area contributed by atoms with Gasteiger partial charge in [0, 0.05) is 26.4 Å². The van der Waals surface area contributed by atoms with Gasteiger partial charge < -0.3 is 15.2 Å². The summed E-state index contributed by atoms with van der Waals surface area (Å²) in [6, 6.07) is 0. The van der Waals surface area contributed by atoms with Crippen molar-refractivity contribution >= 4 is 0 Å². The van der Waals surface area contributed by atoms with Crippen LogP contribution < -0.4 is 5.73 Å².